The van der Waals surface area contributed by atoms with Gasteiger partial charge in [0.05, 0.1) is 28.5 Å². The Morgan fingerprint density at radius 2 is 1.88 bits per heavy atom. The Kier molecular flexibility index (Phi) is 6.61. The van der Waals surface area contributed by atoms with Gasteiger partial charge in [0.15, 0.2) is 0 Å². The number of halogens is 1. The number of benzene rings is 2. The number of nitrogens with one attached hydrogen (secondary N) is 2. The number of fused-ring (bicyclic) bond motifs is 3. The van der Waals surface area contributed by atoms with E-state index in [1.54, 1.807) is 40.1 Å². The van der Waals surface area contributed by atoms with Gasteiger partial charge in [-0.1, -0.05) is 29.8 Å². The monoisotopic (exact) mass is 482 g/mol. The maximum atomic E-state index is 13.2. The number of amides is 4. The van der Waals surface area contributed by atoms with E-state index < -0.39 is 5.66 Å². The third-order valence-corrected chi connectivity index (χ3v) is 6.69. The standard InChI is InChI=1S/C25H27ClN4O4/c1-16-9-10-19(18(26)14-16)28-22(32)15-27-21(31)8-5-13-29-24(34)17-6-3-4-7-20(17)30-23(33)11-12-25(29,30)2/h3-4,6-7,9-10,14H,5,8,11-13,15H2,1-2H3,(H,27,31)(H,28,32). The second-order valence-electron chi connectivity index (χ2n) is 8.83. The molecular weight excluding hydrogens is 456 g/mol. The maximum Gasteiger partial charge on any atom is 0.257 e. The summed E-state index contributed by atoms with van der Waals surface area (Å²) in [5.74, 6) is -0.822. The number of carbonyl (C=O) groups excluding carboxylic acids is 4. The Morgan fingerprint density at radius 3 is 2.65 bits per heavy atom. The minimum Gasteiger partial charge on any atom is -0.347 e. The van der Waals surface area contributed by atoms with Crippen molar-refractivity contribution in [2.75, 3.05) is 23.3 Å². The predicted molar refractivity (Wildman–Crippen MR) is 130 cm³/mol. The highest BCUT2D eigenvalue weighted by atomic mass is 35.5. The van der Waals surface area contributed by atoms with Gasteiger partial charge in [0, 0.05) is 19.4 Å². The number of carbonyl (C=O) groups is 4. The molecule has 0 radical (unpaired) electrons. The van der Waals surface area contributed by atoms with E-state index in [4.69, 9.17) is 11.6 Å². The van der Waals surface area contributed by atoms with Crippen LogP contribution < -0.4 is 15.5 Å². The Hall–Kier alpha value is -3.39. The number of nitrogens with zero attached hydrogens (tertiary/aromatic N) is 2. The topological polar surface area (TPSA) is 98.8 Å². The first-order valence-corrected chi connectivity index (χ1v) is 11.7. The van der Waals surface area contributed by atoms with Crippen molar-refractivity contribution in [2.24, 2.45) is 0 Å². The summed E-state index contributed by atoms with van der Waals surface area (Å²) in [5, 5.41) is 5.70. The SMILES string of the molecule is Cc1ccc(NC(=O)CNC(=O)CCCN2C(=O)c3ccccc3N3C(=O)CCC23C)c(Cl)c1. The van der Waals surface area contributed by atoms with Crippen molar-refractivity contribution in [1.82, 2.24) is 10.2 Å². The molecule has 1 saturated heterocycles. The van der Waals surface area contributed by atoms with Crippen LogP contribution in [0.4, 0.5) is 11.4 Å². The van der Waals surface area contributed by atoms with Crippen molar-refractivity contribution in [2.45, 2.75) is 45.2 Å². The molecule has 2 aliphatic rings. The van der Waals surface area contributed by atoms with Gasteiger partial charge in [0.2, 0.25) is 17.7 Å². The number of anilines is 2. The van der Waals surface area contributed by atoms with Crippen LogP contribution in [0, 0.1) is 6.92 Å². The first-order chi connectivity index (χ1) is 16.2. The molecular formula is C25H27ClN4O4. The molecule has 1 atom stereocenters. The average molecular weight is 483 g/mol. The largest absolute Gasteiger partial charge is 0.347 e. The zero-order valence-corrected chi connectivity index (χ0v) is 19.9. The van der Waals surface area contributed by atoms with Gasteiger partial charge in [-0.05, 0) is 56.5 Å². The molecule has 2 aromatic carbocycles. The minimum absolute atomic E-state index is 0.00937. The van der Waals surface area contributed by atoms with Crippen LogP contribution in [0.3, 0.4) is 0 Å². The molecule has 34 heavy (non-hydrogen) atoms. The smallest absolute Gasteiger partial charge is 0.257 e. The zero-order valence-electron chi connectivity index (χ0n) is 19.2. The highest BCUT2D eigenvalue weighted by Gasteiger charge is 2.52. The van der Waals surface area contributed by atoms with E-state index in [-0.39, 0.29) is 36.6 Å². The van der Waals surface area contributed by atoms with Gasteiger partial charge >= 0.3 is 0 Å². The number of aryl methyl sites for hydroxylation is 1. The Labute approximate surface area is 203 Å². The molecule has 1 unspecified atom stereocenters. The van der Waals surface area contributed by atoms with Crippen LogP contribution in [0.15, 0.2) is 42.5 Å². The van der Waals surface area contributed by atoms with Crippen LogP contribution in [-0.4, -0.2) is 47.3 Å². The molecule has 2 heterocycles. The van der Waals surface area contributed by atoms with Gasteiger partial charge in [-0.3, -0.25) is 24.1 Å². The van der Waals surface area contributed by atoms with Gasteiger partial charge in [0.25, 0.3) is 5.91 Å². The summed E-state index contributed by atoms with van der Waals surface area (Å²) in [6, 6.07) is 12.4. The van der Waals surface area contributed by atoms with E-state index >= 15 is 0 Å². The molecule has 2 N–H and O–H groups in total. The lowest BCUT2D eigenvalue weighted by Crippen LogP contribution is -2.62. The van der Waals surface area contributed by atoms with Crippen LogP contribution in [0.2, 0.25) is 5.02 Å². The second kappa shape index (κ2) is 9.46. The van der Waals surface area contributed by atoms with Gasteiger partial charge < -0.3 is 15.5 Å². The van der Waals surface area contributed by atoms with Crippen LogP contribution in [0.1, 0.15) is 48.5 Å². The van der Waals surface area contributed by atoms with Crippen molar-refractivity contribution < 1.29 is 19.2 Å². The Morgan fingerprint density at radius 1 is 1.12 bits per heavy atom. The molecule has 2 aliphatic heterocycles. The lowest BCUT2D eigenvalue weighted by Gasteiger charge is -2.48. The van der Waals surface area contributed by atoms with E-state index in [0.717, 1.165) is 5.56 Å². The quantitative estimate of drug-likeness (QED) is 0.631. The summed E-state index contributed by atoms with van der Waals surface area (Å²) in [6.45, 7) is 3.94. The zero-order chi connectivity index (χ0) is 24.5. The maximum absolute atomic E-state index is 13.2. The molecule has 8 nitrogen and oxygen atoms in total. The van der Waals surface area contributed by atoms with E-state index in [1.807, 2.05) is 26.0 Å². The summed E-state index contributed by atoms with van der Waals surface area (Å²) in [7, 11) is 0. The summed E-state index contributed by atoms with van der Waals surface area (Å²) in [5.41, 5.74) is 1.86. The molecule has 0 aliphatic carbocycles. The van der Waals surface area contributed by atoms with Gasteiger partial charge in [-0.25, -0.2) is 0 Å². The van der Waals surface area contributed by atoms with Crippen molar-refractivity contribution in [1.29, 1.82) is 0 Å². The summed E-state index contributed by atoms with van der Waals surface area (Å²) in [6.07, 6.45) is 1.46. The fourth-order valence-corrected chi connectivity index (χ4v) is 4.90. The van der Waals surface area contributed by atoms with Crippen LogP contribution >= 0.6 is 11.6 Å². The Bertz CT molecular complexity index is 1170. The van der Waals surface area contributed by atoms with E-state index in [1.165, 1.54) is 0 Å². The normalized spacial score (nSPS) is 19.0. The minimum atomic E-state index is -0.744. The molecule has 4 rings (SSSR count). The molecule has 1 fully saturated rings. The number of para-hydroxylation sites is 1. The van der Waals surface area contributed by atoms with Crippen molar-refractivity contribution >= 4 is 46.6 Å². The number of hydrogen-bond donors (Lipinski definition) is 2. The third-order valence-electron chi connectivity index (χ3n) is 6.38. The van der Waals surface area contributed by atoms with Crippen LogP contribution in [-0.2, 0) is 14.4 Å². The molecule has 0 aromatic heterocycles. The molecule has 178 valence electrons. The lowest BCUT2D eigenvalue weighted by atomic mass is 9.98. The molecule has 0 spiro atoms. The summed E-state index contributed by atoms with van der Waals surface area (Å²) >= 11 is 6.12. The van der Waals surface area contributed by atoms with E-state index in [9.17, 15) is 19.2 Å². The molecule has 9 heteroatoms. The Balaban J connectivity index is 1.31. The molecule has 4 amide bonds. The first kappa shape index (κ1) is 23.8. The molecule has 0 saturated carbocycles. The first-order valence-electron chi connectivity index (χ1n) is 11.3. The lowest BCUT2D eigenvalue weighted by molar-refractivity contribution is -0.124. The highest BCUT2D eigenvalue weighted by Crippen LogP contribution is 2.44. The third kappa shape index (κ3) is 4.50. The average Bonchev–Trinajstić information content (AvgIpc) is 3.11. The van der Waals surface area contributed by atoms with Gasteiger partial charge in [-0.15, -0.1) is 0 Å². The van der Waals surface area contributed by atoms with Gasteiger partial charge in [-0.2, -0.15) is 0 Å². The highest BCUT2D eigenvalue weighted by molar-refractivity contribution is 6.33. The van der Waals surface area contributed by atoms with E-state index in [0.29, 0.717) is 47.8 Å². The van der Waals surface area contributed by atoms with E-state index in [2.05, 4.69) is 10.6 Å². The van der Waals surface area contributed by atoms with Crippen LogP contribution in [0.5, 0.6) is 0 Å². The van der Waals surface area contributed by atoms with Crippen molar-refractivity contribution in [3.05, 3.63) is 58.6 Å². The fourth-order valence-electron chi connectivity index (χ4n) is 4.62. The van der Waals surface area contributed by atoms with Crippen molar-refractivity contribution in [3.8, 4) is 0 Å². The summed E-state index contributed by atoms with van der Waals surface area (Å²) < 4.78 is 0. The number of rotatable bonds is 7. The molecule has 0 bridgehead atoms. The van der Waals surface area contributed by atoms with Crippen LogP contribution in [0.25, 0.3) is 0 Å². The number of hydrogen-bond acceptors (Lipinski definition) is 4. The predicted octanol–water partition coefficient (Wildman–Crippen LogP) is 3.48. The van der Waals surface area contributed by atoms with Crippen molar-refractivity contribution in [3.63, 3.8) is 0 Å². The molecule has 2 aromatic rings. The second-order valence-corrected chi connectivity index (χ2v) is 9.24. The fraction of sp³-hybridized carbons (Fsp3) is 0.360. The summed E-state index contributed by atoms with van der Waals surface area (Å²) in [4.78, 5) is 53.7. The van der Waals surface area contributed by atoms with Gasteiger partial charge in [0.1, 0.15) is 5.66 Å².